The molecule has 0 spiro atoms. The van der Waals surface area contributed by atoms with Crippen molar-refractivity contribution in [1.82, 2.24) is 24.4 Å². The van der Waals surface area contributed by atoms with Crippen LogP contribution in [0.2, 0.25) is 0 Å². The fourth-order valence-corrected chi connectivity index (χ4v) is 2.77. The number of benzene rings is 1. The number of aromatic amines is 1. The Morgan fingerprint density at radius 2 is 1.92 bits per heavy atom. The number of carbonyl (C=O) groups excluding carboxylic acids is 1. The number of aldehydes is 1. The van der Waals surface area contributed by atoms with Gasteiger partial charge in [0.2, 0.25) is 0 Å². The molecule has 8 nitrogen and oxygen atoms in total. The molecule has 0 bridgehead atoms. The van der Waals surface area contributed by atoms with Crippen LogP contribution in [-0.2, 0) is 11.3 Å². The van der Waals surface area contributed by atoms with Crippen molar-refractivity contribution in [2.75, 3.05) is 20.1 Å². The Kier molecular flexibility index (Phi) is 4.45. The van der Waals surface area contributed by atoms with Crippen molar-refractivity contribution in [1.29, 1.82) is 0 Å². The van der Waals surface area contributed by atoms with Crippen LogP contribution >= 0.6 is 0 Å². The zero-order valence-electron chi connectivity index (χ0n) is 14.4. The molecule has 130 valence electrons. The highest BCUT2D eigenvalue weighted by atomic mass is 16.2. The van der Waals surface area contributed by atoms with Gasteiger partial charge in [0.15, 0.2) is 11.5 Å². The molecule has 8 heteroatoms. The lowest BCUT2D eigenvalue weighted by Gasteiger charge is -2.20. The summed E-state index contributed by atoms with van der Waals surface area (Å²) in [6, 6.07) is 3.89. The van der Waals surface area contributed by atoms with Gasteiger partial charge in [0.1, 0.15) is 6.29 Å². The van der Waals surface area contributed by atoms with Crippen molar-refractivity contribution in [2.24, 2.45) is 0 Å². The number of hydrogen-bond acceptors (Lipinski definition) is 6. The minimum absolute atomic E-state index is 0.133. The van der Waals surface area contributed by atoms with Gasteiger partial charge >= 0.3 is 5.69 Å². The van der Waals surface area contributed by atoms with Crippen LogP contribution in [0.25, 0.3) is 22.6 Å². The van der Waals surface area contributed by atoms with Crippen LogP contribution < -0.4 is 11.2 Å². The van der Waals surface area contributed by atoms with Crippen molar-refractivity contribution in [2.45, 2.75) is 20.4 Å². The first kappa shape index (κ1) is 17.0. The van der Waals surface area contributed by atoms with Crippen LogP contribution in [0, 0.1) is 13.8 Å². The number of nitrogens with one attached hydrogen (secondary N) is 1. The van der Waals surface area contributed by atoms with E-state index in [2.05, 4.69) is 15.0 Å². The fraction of sp³-hybridized carbons (Fsp3) is 0.353. The van der Waals surface area contributed by atoms with E-state index in [9.17, 15) is 14.4 Å². The van der Waals surface area contributed by atoms with E-state index in [1.165, 1.54) is 0 Å². The van der Waals surface area contributed by atoms with Crippen molar-refractivity contribution in [3.05, 3.63) is 44.1 Å². The number of H-pyrrole nitrogens is 1. The van der Waals surface area contributed by atoms with Crippen molar-refractivity contribution >= 4 is 17.3 Å². The van der Waals surface area contributed by atoms with E-state index >= 15 is 0 Å². The lowest BCUT2D eigenvalue weighted by Crippen LogP contribution is -2.31. The van der Waals surface area contributed by atoms with E-state index in [-0.39, 0.29) is 11.5 Å². The number of likely N-dealkylation sites (N-methyl/N-ethyl adjacent to an activating group) is 1. The molecular formula is C17H19N5O3. The van der Waals surface area contributed by atoms with E-state index in [1.807, 2.05) is 42.5 Å². The molecule has 0 saturated heterocycles. The average Bonchev–Trinajstić information content (AvgIpc) is 2.54. The van der Waals surface area contributed by atoms with Gasteiger partial charge in [0, 0.05) is 13.1 Å². The maximum absolute atomic E-state index is 12.2. The first-order valence-corrected chi connectivity index (χ1v) is 7.94. The average molecular weight is 341 g/mol. The van der Waals surface area contributed by atoms with Gasteiger partial charge < -0.3 is 9.36 Å². The molecule has 1 N–H and O–H groups in total. The van der Waals surface area contributed by atoms with Crippen LogP contribution in [-0.4, -0.2) is 50.8 Å². The molecular weight excluding hydrogens is 322 g/mol. The van der Waals surface area contributed by atoms with Gasteiger partial charge in [-0.1, -0.05) is 0 Å². The van der Waals surface area contributed by atoms with Crippen LogP contribution in [0.5, 0.6) is 0 Å². The Balaban J connectivity index is 2.27. The van der Waals surface area contributed by atoms with Crippen LogP contribution in [0.1, 0.15) is 11.1 Å². The van der Waals surface area contributed by atoms with E-state index < -0.39 is 11.2 Å². The van der Waals surface area contributed by atoms with Gasteiger partial charge in [-0.2, -0.15) is 4.98 Å². The van der Waals surface area contributed by atoms with Gasteiger partial charge in [0.05, 0.1) is 17.6 Å². The molecule has 3 rings (SSSR count). The quantitative estimate of drug-likeness (QED) is 0.530. The highest BCUT2D eigenvalue weighted by molar-refractivity contribution is 5.81. The highest BCUT2D eigenvalue weighted by Gasteiger charge is 2.19. The number of rotatable bonds is 5. The predicted molar refractivity (Wildman–Crippen MR) is 94.1 cm³/mol. The molecule has 2 heterocycles. The Morgan fingerprint density at radius 3 is 2.64 bits per heavy atom. The maximum Gasteiger partial charge on any atom is 0.349 e. The number of hydrogen-bond donors (Lipinski definition) is 1. The Morgan fingerprint density at radius 1 is 1.20 bits per heavy atom. The third kappa shape index (κ3) is 3.20. The second-order valence-electron chi connectivity index (χ2n) is 6.16. The first-order valence-electron chi connectivity index (χ1n) is 7.94. The molecule has 0 fully saturated rings. The fourth-order valence-electron chi connectivity index (χ4n) is 2.77. The maximum atomic E-state index is 12.2. The van der Waals surface area contributed by atoms with Crippen LogP contribution in [0.4, 0.5) is 0 Å². The van der Waals surface area contributed by atoms with Crippen molar-refractivity contribution < 1.29 is 4.79 Å². The number of carbonyl (C=O) groups is 1. The Hall–Kier alpha value is -2.87. The second-order valence-corrected chi connectivity index (χ2v) is 6.16. The molecule has 1 aromatic rings. The van der Waals surface area contributed by atoms with E-state index in [4.69, 9.17) is 0 Å². The van der Waals surface area contributed by atoms with Crippen LogP contribution in [0.15, 0.2) is 21.7 Å². The summed E-state index contributed by atoms with van der Waals surface area (Å²) >= 11 is 0. The number of fused-ring (bicyclic) bond motifs is 2. The normalized spacial score (nSPS) is 11.5. The van der Waals surface area contributed by atoms with E-state index in [0.29, 0.717) is 25.2 Å². The number of aromatic nitrogens is 4. The third-order valence-electron chi connectivity index (χ3n) is 4.32. The van der Waals surface area contributed by atoms with Crippen LogP contribution in [0.3, 0.4) is 0 Å². The minimum atomic E-state index is -0.697. The van der Waals surface area contributed by atoms with Gasteiger partial charge in [-0.15, -0.1) is 0 Å². The predicted octanol–water partition coefficient (Wildman–Crippen LogP) is 0.332. The molecule has 25 heavy (non-hydrogen) atoms. The molecule has 0 aliphatic carbocycles. The molecule has 0 unspecified atom stereocenters. The van der Waals surface area contributed by atoms with Crippen molar-refractivity contribution in [3.63, 3.8) is 0 Å². The Labute approximate surface area is 143 Å². The van der Waals surface area contributed by atoms with E-state index in [0.717, 1.165) is 22.9 Å². The molecule has 0 atom stereocenters. The second kappa shape index (κ2) is 6.56. The SMILES string of the molecule is Cc1cc2nc3c(=O)[nH]c(=O)nc-3n(CCN(C)CC=O)c2cc1C. The molecule has 0 saturated carbocycles. The molecule has 1 aromatic carbocycles. The third-order valence-corrected chi connectivity index (χ3v) is 4.32. The molecule has 0 amide bonds. The molecule has 0 aromatic heterocycles. The highest BCUT2D eigenvalue weighted by Crippen LogP contribution is 2.23. The summed E-state index contributed by atoms with van der Waals surface area (Å²) < 4.78 is 1.82. The molecule has 2 aliphatic heterocycles. The Bertz CT molecular complexity index is 1040. The summed E-state index contributed by atoms with van der Waals surface area (Å²) in [7, 11) is 1.83. The minimum Gasteiger partial charge on any atom is -0.321 e. The van der Waals surface area contributed by atoms with Gasteiger partial charge in [-0.3, -0.25) is 14.7 Å². The van der Waals surface area contributed by atoms with Gasteiger partial charge in [-0.25, -0.2) is 9.78 Å². The lowest BCUT2D eigenvalue weighted by molar-refractivity contribution is -0.108. The van der Waals surface area contributed by atoms with Gasteiger partial charge in [-0.05, 0) is 44.2 Å². The number of nitrogens with zero attached hydrogens (tertiary/aromatic N) is 4. The largest absolute Gasteiger partial charge is 0.349 e. The summed E-state index contributed by atoms with van der Waals surface area (Å²) in [5.74, 6) is 0.254. The summed E-state index contributed by atoms with van der Waals surface area (Å²) in [5, 5.41) is 0. The summed E-state index contributed by atoms with van der Waals surface area (Å²) in [6.45, 7) is 5.31. The summed E-state index contributed by atoms with van der Waals surface area (Å²) in [6.07, 6.45) is 0.833. The smallest absolute Gasteiger partial charge is 0.321 e. The summed E-state index contributed by atoms with van der Waals surface area (Å²) in [5.41, 5.74) is 2.49. The number of aryl methyl sites for hydroxylation is 2. The van der Waals surface area contributed by atoms with E-state index in [1.54, 1.807) is 0 Å². The van der Waals surface area contributed by atoms with Crippen molar-refractivity contribution in [3.8, 4) is 11.5 Å². The van der Waals surface area contributed by atoms with Gasteiger partial charge in [0.25, 0.3) is 5.56 Å². The standard InChI is InChI=1S/C17H19N5O3/c1-10-8-12-13(9-11(10)2)22(5-4-21(3)6-7-23)15-14(18-12)16(24)20-17(25)19-15/h7-9H,4-6H2,1-3H3,(H,20,24,25). The zero-order valence-corrected chi connectivity index (χ0v) is 14.4. The zero-order chi connectivity index (χ0) is 18.1. The summed E-state index contributed by atoms with van der Waals surface area (Å²) in [4.78, 5) is 46.9. The monoisotopic (exact) mass is 341 g/mol. The first-order chi connectivity index (χ1) is 11.9. The topological polar surface area (TPSA) is 101 Å². The molecule has 2 aliphatic rings. The molecule has 0 radical (unpaired) electrons. The lowest BCUT2D eigenvalue weighted by atomic mass is 10.1.